The summed E-state index contributed by atoms with van der Waals surface area (Å²) in [5.41, 5.74) is 2.90. The second-order valence-corrected chi connectivity index (χ2v) is 11.9. The Labute approximate surface area is 206 Å². The van der Waals surface area contributed by atoms with Crippen molar-refractivity contribution in [2.45, 2.75) is 56.7 Å². The van der Waals surface area contributed by atoms with Crippen molar-refractivity contribution in [1.29, 1.82) is 0 Å². The molecule has 0 unspecified atom stereocenters. The minimum Gasteiger partial charge on any atom is -0.481 e. The van der Waals surface area contributed by atoms with Crippen molar-refractivity contribution in [1.82, 2.24) is 30.2 Å². The molecule has 2 aliphatic heterocycles. The van der Waals surface area contributed by atoms with E-state index in [2.05, 4.69) is 46.1 Å². The van der Waals surface area contributed by atoms with Crippen LogP contribution in [0.5, 0.6) is 5.88 Å². The number of aromatic nitrogens is 5. The fourth-order valence-corrected chi connectivity index (χ4v) is 7.45. The molecule has 3 atom stereocenters. The van der Waals surface area contributed by atoms with Crippen LogP contribution in [0.15, 0.2) is 30.7 Å². The lowest BCUT2D eigenvalue weighted by atomic mass is 9.84. The van der Waals surface area contributed by atoms with Crippen LogP contribution in [0.2, 0.25) is 0 Å². The van der Waals surface area contributed by atoms with Gasteiger partial charge in [0.15, 0.2) is 14.8 Å². The third-order valence-corrected chi connectivity index (χ3v) is 9.27. The predicted octanol–water partition coefficient (Wildman–Crippen LogP) is 4.78. The largest absolute Gasteiger partial charge is 0.481 e. The lowest BCUT2D eigenvalue weighted by Crippen LogP contribution is -2.58. The molecule has 4 aromatic rings. The van der Waals surface area contributed by atoms with Crippen LogP contribution in [0.1, 0.15) is 39.5 Å². The van der Waals surface area contributed by atoms with Gasteiger partial charge in [0, 0.05) is 42.0 Å². The van der Waals surface area contributed by atoms with Crippen LogP contribution >= 0.6 is 22.7 Å². The number of nitrogens with zero attached hydrogens (tertiary/aromatic N) is 6. The number of nitrogens with one attached hydrogen (secondary N) is 1. The molecule has 34 heavy (non-hydrogen) atoms. The lowest BCUT2D eigenvalue weighted by Gasteiger charge is -2.45. The van der Waals surface area contributed by atoms with Gasteiger partial charge in [-0.3, -0.25) is 4.98 Å². The summed E-state index contributed by atoms with van der Waals surface area (Å²) < 4.78 is 5.20. The highest BCUT2D eigenvalue weighted by Crippen LogP contribution is 2.45. The quantitative estimate of drug-likeness (QED) is 0.425. The van der Waals surface area contributed by atoms with E-state index in [1.165, 1.54) is 12.8 Å². The molecule has 2 fully saturated rings. The second kappa shape index (κ2) is 7.93. The van der Waals surface area contributed by atoms with Crippen LogP contribution in [0.25, 0.3) is 31.6 Å². The average Bonchev–Trinajstić information content (AvgIpc) is 3.48. The van der Waals surface area contributed by atoms with Crippen molar-refractivity contribution < 1.29 is 4.74 Å². The highest BCUT2D eigenvalue weighted by molar-refractivity contribution is 7.29. The van der Waals surface area contributed by atoms with Gasteiger partial charge in [-0.25, -0.2) is 19.9 Å². The van der Waals surface area contributed by atoms with Crippen molar-refractivity contribution in [2.75, 3.05) is 19.1 Å². The molecule has 0 amide bonds. The second-order valence-electron chi connectivity index (χ2n) is 9.92. The molecule has 0 radical (unpaired) electrons. The van der Waals surface area contributed by atoms with E-state index >= 15 is 0 Å². The maximum absolute atomic E-state index is 5.20. The molecule has 1 N–H and O–H groups in total. The molecule has 2 bridgehead atoms. The Morgan fingerprint density at radius 3 is 2.38 bits per heavy atom. The number of anilines is 1. The van der Waals surface area contributed by atoms with E-state index in [0.29, 0.717) is 11.9 Å². The van der Waals surface area contributed by atoms with Crippen LogP contribution < -0.4 is 15.0 Å². The van der Waals surface area contributed by atoms with Gasteiger partial charge in [0.25, 0.3) is 0 Å². The molecule has 2 saturated heterocycles. The molecule has 10 heteroatoms. The molecule has 0 aliphatic carbocycles. The van der Waals surface area contributed by atoms with Crippen molar-refractivity contribution >= 4 is 37.5 Å². The van der Waals surface area contributed by atoms with Gasteiger partial charge in [-0.05, 0) is 45.6 Å². The Bertz CT molecular complexity index is 1300. The summed E-state index contributed by atoms with van der Waals surface area (Å²) in [7, 11) is 3.78. The number of piperidine rings is 1. The van der Waals surface area contributed by atoms with Gasteiger partial charge in [0.2, 0.25) is 5.88 Å². The van der Waals surface area contributed by atoms with Crippen LogP contribution in [-0.2, 0) is 0 Å². The zero-order valence-corrected chi connectivity index (χ0v) is 21.3. The Morgan fingerprint density at radius 1 is 1.00 bits per heavy atom. The van der Waals surface area contributed by atoms with Crippen molar-refractivity contribution in [3.63, 3.8) is 0 Å². The molecule has 0 spiro atoms. The standard InChI is InChI=1S/C24H27N7OS2/c1-23-6-7-24(2,30-23)11-15(10-23)31(3)22-29-21-20(34-22)28-19(33-21)17-13-26-16(12-27-17)14-5-8-25-18(9-14)32-4/h5,8-9,12-13,15,30H,6-7,10-11H2,1-4H3/t15-,23-,24+. The van der Waals surface area contributed by atoms with E-state index in [4.69, 9.17) is 14.7 Å². The zero-order valence-electron chi connectivity index (χ0n) is 19.7. The monoisotopic (exact) mass is 493 g/mol. The summed E-state index contributed by atoms with van der Waals surface area (Å²) >= 11 is 3.24. The van der Waals surface area contributed by atoms with Crippen molar-refractivity contribution in [3.05, 3.63) is 30.7 Å². The SMILES string of the molecule is COc1cc(-c2cnc(-c3nc4sc(N(C)[C@H]5C[C@]6(C)CC[C@](C)(C5)N6)nc4s3)cn2)ccn1. The molecule has 4 aromatic heterocycles. The van der Waals surface area contributed by atoms with E-state index in [-0.39, 0.29) is 11.1 Å². The first-order valence-corrected chi connectivity index (χ1v) is 13.1. The predicted molar refractivity (Wildman–Crippen MR) is 137 cm³/mol. The third-order valence-electron chi connectivity index (χ3n) is 7.13. The van der Waals surface area contributed by atoms with E-state index in [9.17, 15) is 0 Å². The topological polar surface area (TPSA) is 89.0 Å². The number of hydrogen-bond acceptors (Lipinski definition) is 10. The minimum absolute atomic E-state index is 0.234. The maximum Gasteiger partial charge on any atom is 0.213 e. The van der Waals surface area contributed by atoms with Crippen LogP contribution in [0, 0.1) is 0 Å². The number of pyridine rings is 1. The molecule has 0 saturated carbocycles. The number of thiazole rings is 2. The van der Waals surface area contributed by atoms with Gasteiger partial charge in [-0.15, -0.1) is 0 Å². The Morgan fingerprint density at radius 2 is 1.71 bits per heavy atom. The summed E-state index contributed by atoms with van der Waals surface area (Å²) in [6, 6.07) is 4.23. The normalized spacial score (nSPS) is 26.2. The molecule has 176 valence electrons. The summed E-state index contributed by atoms with van der Waals surface area (Å²) in [6.07, 6.45) is 10.0. The van der Waals surface area contributed by atoms with E-state index in [1.807, 2.05) is 12.1 Å². The van der Waals surface area contributed by atoms with E-state index < -0.39 is 0 Å². The third kappa shape index (κ3) is 3.83. The van der Waals surface area contributed by atoms with Gasteiger partial charge in [-0.1, -0.05) is 22.7 Å². The smallest absolute Gasteiger partial charge is 0.213 e. The van der Waals surface area contributed by atoms with Crippen molar-refractivity contribution in [3.8, 4) is 27.8 Å². The summed E-state index contributed by atoms with van der Waals surface area (Å²) in [5.74, 6) is 0.552. The molecule has 8 nitrogen and oxygen atoms in total. The number of methoxy groups -OCH3 is 1. The first-order chi connectivity index (χ1) is 16.3. The molecule has 6 heterocycles. The summed E-state index contributed by atoms with van der Waals surface area (Å²) in [5, 5.41) is 5.76. The van der Waals surface area contributed by atoms with Gasteiger partial charge in [-0.2, -0.15) is 0 Å². The molecule has 6 rings (SSSR count). The van der Waals surface area contributed by atoms with Crippen molar-refractivity contribution in [2.24, 2.45) is 0 Å². The number of hydrogen-bond donors (Lipinski definition) is 1. The van der Waals surface area contributed by atoms with Crippen LogP contribution in [0.3, 0.4) is 0 Å². The molecule has 0 aromatic carbocycles. The van der Waals surface area contributed by atoms with Crippen LogP contribution in [-0.4, -0.2) is 56.2 Å². The zero-order chi connectivity index (χ0) is 23.5. The minimum atomic E-state index is 0.234. The van der Waals surface area contributed by atoms with Gasteiger partial charge < -0.3 is 15.0 Å². The van der Waals surface area contributed by atoms with E-state index in [0.717, 1.165) is 49.6 Å². The fraction of sp³-hybridized carbons (Fsp3) is 0.458. The highest BCUT2D eigenvalue weighted by atomic mass is 32.1. The maximum atomic E-state index is 5.20. The number of ether oxygens (including phenoxy) is 1. The highest BCUT2D eigenvalue weighted by Gasteiger charge is 2.49. The van der Waals surface area contributed by atoms with Crippen LogP contribution in [0.4, 0.5) is 5.13 Å². The number of fused-ring (bicyclic) bond motifs is 3. The van der Waals surface area contributed by atoms with E-state index in [1.54, 1.807) is 48.4 Å². The summed E-state index contributed by atoms with van der Waals surface area (Å²) in [6.45, 7) is 4.73. The first kappa shape index (κ1) is 21.8. The Balaban J connectivity index is 1.22. The van der Waals surface area contributed by atoms with Gasteiger partial charge in [0.05, 0.1) is 25.2 Å². The van der Waals surface area contributed by atoms with Gasteiger partial charge >= 0.3 is 0 Å². The van der Waals surface area contributed by atoms with Gasteiger partial charge in [0.1, 0.15) is 10.7 Å². The summed E-state index contributed by atoms with van der Waals surface area (Å²) in [4.78, 5) is 27.4. The average molecular weight is 494 g/mol. The number of rotatable bonds is 5. The lowest BCUT2D eigenvalue weighted by molar-refractivity contribution is 0.208. The Hall–Kier alpha value is -2.69. The fourth-order valence-electron chi connectivity index (χ4n) is 5.41. The molecular weight excluding hydrogens is 466 g/mol. The molecular formula is C24H27N7OS2. The molecule has 2 aliphatic rings. The first-order valence-electron chi connectivity index (χ1n) is 11.5. The Kier molecular flexibility index (Phi) is 5.09.